The normalized spacial score (nSPS) is 14.0. The van der Waals surface area contributed by atoms with Crippen molar-refractivity contribution < 1.29 is 9.53 Å². The molecule has 1 aromatic heterocycles. The highest BCUT2D eigenvalue weighted by Crippen LogP contribution is 2.28. The van der Waals surface area contributed by atoms with Crippen molar-refractivity contribution in [3.63, 3.8) is 0 Å². The monoisotopic (exact) mass is 297 g/mol. The predicted octanol–water partition coefficient (Wildman–Crippen LogP) is 3.57. The zero-order chi connectivity index (χ0) is 15.4. The highest BCUT2D eigenvalue weighted by atomic mass is 16.5. The van der Waals surface area contributed by atoms with Gasteiger partial charge in [-0.3, -0.25) is 4.79 Å². The molecule has 22 heavy (non-hydrogen) atoms. The predicted molar refractivity (Wildman–Crippen MR) is 86.5 cm³/mol. The molecule has 1 aliphatic carbocycles. The zero-order valence-corrected chi connectivity index (χ0v) is 12.5. The fourth-order valence-corrected chi connectivity index (χ4v) is 2.34. The van der Waals surface area contributed by atoms with Gasteiger partial charge in [-0.05, 0) is 37.1 Å². The van der Waals surface area contributed by atoms with E-state index in [1.165, 1.54) is 0 Å². The van der Waals surface area contributed by atoms with Gasteiger partial charge < -0.3 is 15.4 Å². The standard InChI is InChI=1S/C17H19N3O2/c1-22-15-8-3-2-7-14(15)19-13-9-10-16(18-11-13)20-17(21)12-5-4-6-12/h2-3,7-12,19H,4-6H2,1H3,(H,18,20,21). The minimum absolute atomic E-state index is 0.0733. The lowest BCUT2D eigenvalue weighted by Crippen LogP contribution is -2.28. The van der Waals surface area contributed by atoms with Crippen LogP contribution in [-0.4, -0.2) is 18.0 Å². The van der Waals surface area contributed by atoms with E-state index in [-0.39, 0.29) is 11.8 Å². The molecular formula is C17H19N3O2. The molecule has 1 aromatic carbocycles. The summed E-state index contributed by atoms with van der Waals surface area (Å²) in [6, 6.07) is 11.4. The molecule has 1 heterocycles. The summed E-state index contributed by atoms with van der Waals surface area (Å²) < 4.78 is 5.30. The highest BCUT2D eigenvalue weighted by Gasteiger charge is 2.25. The molecule has 1 aliphatic rings. The molecule has 114 valence electrons. The van der Waals surface area contributed by atoms with Crippen LogP contribution in [0, 0.1) is 5.92 Å². The third-order valence-corrected chi connectivity index (χ3v) is 3.88. The molecule has 0 atom stereocenters. The quantitative estimate of drug-likeness (QED) is 0.885. The van der Waals surface area contributed by atoms with Crippen LogP contribution in [0.4, 0.5) is 17.2 Å². The summed E-state index contributed by atoms with van der Waals surface area (Å²) in [6.07, 6.45) is 4.81. The maximum atomic E-state index is 11.9. The van der Waals surface area contributed by atoms with Crippen LogP contribution < -0.4 is 15.4 Å². The van der Waals surface area contributed by atoms with Crippen molar-refractivity contribution in [1.82, 2.24) is 4.98 Å². The van der Waals surface area contributed by atoms with E-state index in [1.54, 1.807) is 19.4 Å². The number of rotatable bonds is 5. The van der Waals surface area contributed by atoms with Crippen molar-refractivity contribution in [1.29, 1.82) is 0 Å². The second-order valence-corrected chi connectivity index (χ2v) is 5.37. The third kappa shape index (κ3) is 3.19. The zero-order valence-electron chi connectivity index (χ0n) is 12.5. The minimum atomic E-state index is 0.0733. The number of methoxy groups -OCH3 is 1. The van der Waals surface area contributed by atoms with E-state index < -0.39 is 0 Å². The number of ether oxygens (including phenoxy) is 1. The maximum absolute atomic E-state index is 11.9. The van der Waals surface area contributed by atoms with Gasteiger partial charge in [-0.2, -0.15) is 0 Å². The second kappa shape index (κ2) is 6.47. The van der Waals surface area contributed by atoms with Gasteiger partial charge in [-0.25, -0.2) is 4.98 Å². The first-order chi connectivity index (χ1) is 10.8. The number of benzene rings is 1. The van der Waals surface area contributed by atoms with E-state index >= 15 is 0 Å². The van der Waals surface area contributed by atoms with Gasteiger partial charge in [0, 0.05) is 5.92 Å². The first-order valence-electron chi connectivity index (χ1n) is 7.43. The lowest BCUT2D eigenvalue weighted by Gasteiger charge is -2.23. The molecule has 0 bridgehead atoms. The number of aromatic nitrogens is 1. The summed E-state index contributed by atoms with van der Waals surface area (Å²) >= 11 is 0. The van der Waals surface area contributed by atoms with Crippen LogP contribution in [0.15, 0.2) is 42.6 Å². The molecule has 0 saturated heterocycles. The van der Waals surface area contributed by atoms with E-state index in [0.29, 0.717) is 5.82 Å². The van der Waals surface area contributed by atoms with Crippen LogP contribution in [-0.2, 0) is 4.79 Å². The van der Waals surface area contributed by atoms with Gasteiger partial charge in [0.15, 0.2) is 0 Å². The number of carbonyl (C=O) groups excluding carboxylic acids is 1. The van der Waals surface area contributed by atoms with Crippen LogP contribution in [0.5, 0.6) is 5.75 Å². The summed E-state index contributed by atoms with van der Waals surface area (Å²) in [5.74, 6) is 1.59. The van der Waals surface area contributed by atoms with Gasteiger partial charge in [0.25, 0.3) is 0 Å². The van der Waals surface area contributed by atoms with Crippen molar-refractivity contribution in [3.05, 3.63) is 42.6 Å². The summed E-state index contributed by atoms with van der Waals surface area (Å²) in [6.45, 7) is 0. The number of pyridine rings is 1. The largest absolute Gasteiger partial charge is 0.495 e. The molecule has 3 rings (SSSR count). The van der Waals surface area contributed by atoms with E-state index in [0.717, 1.165) is 36.4 Å². The first kappa shape index (κ1) is 14.4. The van der Waals surface area contributed by atoms with E-state index in [4.69, 9.17) is 4.74 Å². The number of anilines is 3. The summed E-state index contributed by atoms with van der Waals surface area (Å²) in [7, 11) is 1.64. The van der Waals surface area contributed by atoms with Crippen molar-refractivity contribution in [2.24, 2.45) is 5.92 Å². The van der Waals surface area contributed by atoms with Crippen LogP contribution in [0.1, 0.15) is 19.3 Å². The molecule has 2 aromatic rings. The number of nitrogens with zero attached hydrogens (tertiary/aromatic N) is 1. The Morgan fingerprint density at radius 2 is 2.05 bits per heavy atom. The molecule has 0 unspecified atom stereocenters. The number of para-hydroxylation sites is 2. The highest BCUT2D eigenvalue weighted by molar-refractivity contribution is 5.92. The molecule has 5 nitrogen and oxygen atoms in total. The van der Waals surface area contributed by atoms with Crippen LogP contribution in [0.25, 0.3) is 0 Å². The molecule has 1 saturated carbocycles. The topological polar surface area (TPSA) is 63.2 Å². The Morgan fingerprint density at radius 3 is 2.68 bits per heavy atom. The molecule has 1 fully saturated rings. The Bertz CT molecular complexity index is 651. The van der Waals surface area contributed by atoms with Crippen molar-refractivity contribution >= 4 is 23.1 Å². The number of hydrogen-bond donors (Lipinski definition) is 2. The smallest absolute Gasteiger partial charge is 0.228 e. The average Bonchev–Trinajstić information content (AvgIpc) is 2.48. The summed E-state index contributed by atoms with van der Waals surface area (Å²) in [4.78, 5) is 16.1. The second-order valence-electron chi connectivity index (χ2n) is 5.37. The Kier molecular flexibility index (Phi) is 4.23. The number of carbonyl (C=O) groups is 1. The summed E-state index contributed by atoms with van der Waals surface area (Å²) in [5.41, 5.74) is 1.71. The SMILES string of the molecule is COc1ccccc1Nc1ccc(NC(=O)C2CCC2)nc1. The van der Waals surface area contributed by atoms with E-state index in [9.17, 15) is 4.79 Å². The number of amides is 1. The van der Waals surface area contributed by atoms with Gasteiger partial charge in [-0.15, -0.1) is 0 Å². The molecule has 0 radical (unpaired) electrons. The Balaban J connectivity index is 1.65. The first-order valence-corrected chi connectivity index (χ1v) is 7.43. The lowest BCUT2D eigenvalue weighted by molar-refractivity contribution is -0.122. The number of hydrogen-bond acceptors (Lipinski definition) is 4. The molecule has 1 amide bonds. The lowest BCUT2D eigenvalue weighted by atomic mass is 9.85. The van der Waals surface area contributed by atoms with Crippen molar-refractivity contribution in [2.75, 3.05) is 17.7 Å². The molecule has 0 spiro atoms. The van der Waals surface area contributed by atoms with Gasteiger partial charge in [0.1, 0.15) is 11.6 Å². The number of nitrogens with one attached hydrogen (secondary N) is 2. The van der Waals surface area contributed by atoms with E-state index in [2.05, 4.69) is 15.6 Å². The Labute approximate surface area is 129 Å². The van der Waals surface area contributed by atoms with E-state index in [1.807, 2.05) is 30.3 Å². The van der Waals surface area contributed by atoms with Crippen LogP contribution in [0.2, 0.25) is 0 Å². The average molecular weight is 297 g/mol. The summed E-state index contributed by atoms with van der Waals surface area (Å²) in [5, 5.41) is 6.10. The minimum Gasteiger partial charge on any atom is -0.495 e. The van der Waals surface area contributed by atoms with Crippen LogP contribution in [0.3, 0.4) is 0 Å². The van der Waals surface area contributed by atoms with Crippen molar-refractivity contribution in [3.8, 4) is 5.75 Å². The maximum Gasteiger partial charge on any atom is 0.228 e. The van der Waals surface area contributed by atoms with Crippen molar-refractivity contribution in [2.45, 2.75) is 19.3 Å². The molecular weight excluding hydrogens is 278 g/mol. The fourth-order valence-electron chi connectivity index (χ4n) is 2.34. The molecule has 5 heteroatoms. The van der Waals surface area contributed by atoms with Gasteiger partial charge >= 0.3 is 0 Å². The Hall–Kier alpha value is -2.56. The Morgan fingerprint density at radius 1 is 1.23 bits per heavy atom. The fraction of sp³-hybridized carbons (Fsp3) is 0.294. The van der Waals surface area contributed by atoms with Gasteiger partial charge in [0.2, 0.25) is 5.91 Å². The molecule has 0 aliphatic heterocycles. The van der Waals surface area contributed by atoms with Gasteiger partial charge in [0.05, 0.1) is 24.7 Å². The van der Waals surface area contributed by atoms with Crippen LogP contribution >= 0.6 is 0 Å². The third-order valence-electron chi connectivity index (χ3n) is 3.88. The van der Waals surface area contributed by atoms with Gasteiger partial charge in [-0.1, -0.05) is 18.6 Å². The molecule has 2 N–H and O–H groups in total.